The zero-order chi connectivity index (χ0) is 24.2. The number of nitrogens with zero attached hydrogens (tertiary/aromatic N) is 1. The van der Waals surface area contributed by atoms with E-state index in [1.807, 2.05) is 18.2 Å². The first-order valence-corrected chi connectivity index (χ1v) is 12.3. The SMILES string of the molecule is CCCCN(C)Cc1ccc2[nH]c(-c3ccc[nH]c3=O)c(-c3ccc(-c4ccccc4)cc3)c2c1. The minimum atomic E-state index is -0.0965. The summed E-state index contributed by atoms with van der Waals surface area (Å²) >= 11 is 0. The Morgan fingerprint density at radius 3 is 2.31 bits per heavy atom. The molecule has 4 heteroatoms. The Bertz CT molecular complexity index is 1480. The van der Waals surface area contributed by atoms with E-state index < -0.39 is 0 Å². The first-order chi connectivity index (χ1) is 17.1. The number of H-pyrrole nitrogens is 2. The van der Waals surface area contributed by atoms with Crippen LogP contribution in [0.4, 0.5) is 0 Å². The van der Waals surface area contributed by atoms with Crippen molar-refractivity contribution in [2.45, 2.75) is 26.3 Å². The van der Waals surface area contributed by atoms with Gasteiger partial charge in [-0.1, -0.05) is 74.0 Å². The number of hydrogen-bond acceptors (Lipinski definition) is 2. The Balaban J connectivity index is 1.63. The molecule has 0 saturated heterocycles. The summed E-state index contributed by atoms with van der Waals surface area (Å²) in [7, 11) is 2.18. The molecule has 0 aliphatic carbocycles. The Kier molecular flexibility index (Phi) is 6.64. The van der Waals surface area contributed by atoms with Crippen molar-refractivity contribution >= 4 is 10.9 Å². The van der Waals surface area contributed by atoms with E-state index in [9.17, 15) is 4.79 Å². The predicted molar refractivity (Wildman–Crippen MR) is 146 cm³/mol. The Morgan fingerprint density at radius 2 is 1.57 bits per heavy atom. The van der Waals surface area contributed by atoms with Gasteiger partial charge in [-0.2, -0.15) is 0 Å². The third-order valence-electron chi connectivity index (χ3n) is 6.58. The molecule has 3 aromatic carbocycles. The van der Waals surface area contributed by atoms with Gasteiger partial charge in [-0.25, -0.2) is 0 Å². The number of unbranched alkanes of at least 4 members (excludes halogenated alkanes) is 1. The van der Waals surface area contributed by atoms with Crippen LogP contribution in [-0.4, -0.2) is 28.5 Å². The third kappa shape index (κ3) is 4.84. The predicted octanol–water partition coefficient (Wildman–Crippen LogP) is 7.09. The zero-order valence-corrected chi connectivity index (χ0v) is 20.3. The van der Waals surface area contributed by atoms with Crippen LogP contribution >= 0.6 is 0 Å². The number of fused-ring (bicyclic) bond motifs is 1. The maximum Gasteiger partial charge on any atom is 0.257 e. The molecule has 0 aliphatic heterocycles. The standard InChI is InChI=1S/C31H31N3O/c1-3-4-19-34(2)21-22-12-17-28-27(20-22)29(30(33-28)26-11-8-18-32-31(26)35)25-15-13-24(14-16-25)23-9-6-5-7-10-23/h5-18,20,33H,3-4,19,21H2,1-2H3,(H,32,35). The summed E-state index contributed by atoms with van der Waals surface area (Å²) in [6, 6.07) is 29.4. The monoisotopic (exact) mass is 461 g/mol. The van der Waals surface area contributed by atoms with Gasteiger partial charge in [-0.15, -0.1) is 0 Å². The molecule has 2 aromatic heterocycles. The van der Waals surface area contributed by atoms with Gasteiger partial charge in [0.05, 0.1) is 11.3 Å². The number of benzene rings is 3. The highest BCUT2D eigenvalue weighted by Gasteiger charge is 2.18. The van der Waals surface area contributed by atoms with Crippen molar-refractivity contribution in [2.24, 2.45) is 0 Å². The molecule has 0 spiro atoms. The van der Waals surface area contributed by atoms with Gasteiger partial charge in [-0.05, 0) is 66.5 Å². The number of hydrogen-bond donors (Lipinski definition) is 2. The lowest BCUT2D eigenvalue weighted by Gasteiger charge is -2.16. The summed E-state index contributed by atoms with van der Waals surface area (Å²) < 4.78 is 0. The lowest BCUT2D eigenvalue weighted by Crippen LogP contribution is -2.18. The highest BCUT2D eigenvalue weighted by Crippen LogP contribution is 2.38. The average Bonchev–Trinajstić information content (AvgIpc) is 3.27. The van der Waals surface area contributed by atoms with Gasteiger partial charge >= 0.3 is 0 Å². The smallest absolute Gasteiger partial charge is 0.257 e. The molecule has 35 heavy (non-hydrogen) atoms. The molecular weight excluding hydrogens is 430 g/mol. The molecule has 0 atom stereocenters. The van der Waals surface area contributed by atoms with Crippen LogP contribution in [0.1, 0.15) is 25.3 Å². The summed E-state index contributed by atoms with van der Waals surface area (Å²) in [5, 5.41) is 1.14. The molecule has 0 aliphatic rings. The lowest BCUT2D eigenvalue weighted by molar-refractivity contribution is 0.321. The molecule has 0 radical (unpaired) electrons. The molecular formula is C31H31N3O. The van der Waals surface area contributed by atoms with E-state index in [2.05, 4.69) is 95.6 Å². The van der Waals surface area contributed by atoms with Crippen molar-refractivity contribution in [3.05, 3.63) is 107 Å². The molecule has 176 valence electrons. The second kappa shape index (κ2) is 10.2. The van der Waals surface area contributed by atoms with E-state index in [1.165, 1.54) is 29.5 Å². The van der Waals surface area contributed by atoms with E-state index >= 15 is 0 Å². The molecule has 2 heterocycles. The van der Waals surface area contributed by atoms with Crippen molar-refractivity contribution in [1.29, 1.82) is 0 Å². The van der Waals surface area contributed by atoms with Crippen LogP contribution in [0, 0.1) is 0 Å². The summed E-state index contributed by atoms with van der Waals surface area (Å²) in [5.41, 5.74) is 8.22. The van der Waals surface area contributed by atoms with Gasteiger partial charge in [-0.3, -0.25) is 4.79 Å². The van der Waals surface area contributed by atoms with E-state index in [0.29, 0.717) is 5.56 Å². The van der Waals surface area contributed by atoms with Crippen LogP contribution in [0.25, 0.3) is 44.4 Å². The van der Waals surface area contributed by atoms with Crippen LogP contribution in [0.3, 0.4) is 0 Å². The first kappa shape index (κ1) is 22.9. The summed E-state index contributed by atoms with van der Waals surface area (Å²) in [5.74, 6) is 0. The third-order valence-corrected chi connectivity index (χ3v) is 6.58. The van der Waals surface area contributed by atoms with Gasteiger partial charge < -0.3 is 14.9 Å². The lowest BCUT2D eigenvalue weighted by atomic mass is 9.96. The van der Waals surface area contributed by atoms with Gasteiger partial charge in [0, 0.05) is 29.2 Å². The molecule has 0 bridgehead atoms. The quantitative estimate of drug-likeness (QED) is 0.259. The van der Waals surface area contributed by atoms with Crippen LogP contribution in [0.2, 0.25) is 0 Å². The first-order valence-electron chi connectivity index (χ1n) is 12.3. The number of aromatic amines is 2. The number of rotatable bonds is 8. The normalized spacial score (nSPS) is 11.4. The van der Waals surface area contributed by atoms with E-state index in [-0.39, 0.29) is 5.56 Å². The molecule has 4 nitrogen and oxygen atoms in total. The van der Waals surface area contributed by atoms with Crippen LogP contribution < -0.4 is 5.56 Å². The average molecular weight is 462 g/mol. The molecule has 0 amide bonds. The van der Waals surface area contributed by atoms with Crippen molar-refractivity contribution in [1.82, 2.24) is 14.9 Å². The minimum Gasteiger partial charge on any atom is -0.354 e. The van der Waals surface area contributed by atoms with Crippen molar-refractivity contribution in [3.63, 3.8) is 0 Å². The highest BCUT2D eigenvalue weighted by molar-refractivity contribution is 6.04. The fourth-order valence-corrected chi connectivity index (χ4v) is 4.74. The zero-order valence-electron chi connectivity index (χ0n) is 20.3. The Labute approximate surface area is 206 Å². The second-order valence-electron chi connectivity index (χ2n) is 9.20. The maximum atomic E-state index is 12.7. The molecule has 5 aromatic rings. The van der Waals surface area contributed by atoms with Crippen molar-refractivity contribution < 1.29 is 0 Å². The number of aromatic nitrogens is 2. The van der Waals surface area contributed by atoms with Crippen molar-refractivity contribution in [3.8, 4) is 33.5 Å². The van der Waals surface area contributed by atoms with Crippen molar-refractivity contribution in [2.75, 3.05) is 13.6 Å². The molecule has 5 rings (SSSR count). The van der Waals surface area contributed by atoms with Crippen LogP contribution in [-0.2, 0) is 6.54 Å². The van der Waals surface area contributed by atoms with E-state index in [1.54, 1.807) is 6.20 Å². The highest BCUT2D eigenvalue weighted by atomic mass is 16.1. The van der Waals surface area contributed by atoms with Gasteiger partial charge in [0.25, 0.3) is 5.56 Å². The Hall–Kier alpha value is -3.89. The topological polar surface area (TPSA) is 51.9 Å². The van der Waals surface area contributed by atoms with Gasteiger partial charge in [0.15, 0.2) is 0 Å². The fraction of sp³-hybridized carbons (Fsp3) is 0.194. The molecule has 2 N–H and O–H groups in total. The molecule has 0 saturated carbocycles. The fourth-order valence-electron chi connectivity index (χ4n) is 4.74. The van der Waals surface area contributed by atoms with Crippen LogP contribution in [0.15, 0.2) is 95.9 Å². The molecule has 0 fully saturated rings. The largest absolute Gasteiger partial charge is 0.354 e. The Morgan fingerprint density at radius 1 is 0.829 bits per heavy atom. The van der Waals surface area contributed by atoms with Gasteiger partial charge in [0.2, 0.25) is 0 Å². The van der Waals surface area contributed by atoms with E-state index in [4.69, 9.17) is 0 Å². The number of pyridine rings is 1. The summed E-state index contributed by atoms with van der Waals surface area (Å²) in [4.78, 5) is 21.5. The maximum absolute atomic E-state index is 12.7. The summed E-state index contributed by atoms with van der Waals surface area (Å²) in [6.45, 7) is 4.21. The molecule has 0 unspecified atom stereocenters. The number of nitrogens with one attached hydrogen (secondary N) is 2. The minimum absolute atomic E-state index is 0.0965. The summed E-state index contributed by atoms with van der Waals surface area (Å²) in [6.07, 6.45) is 4.06. The van der Waals surface area contributed by atoms with Gasteiger partial charge in [0.1, 0.15) is 0 Å². The van der Waals surface area contributed by atoms with E-state index in [0.717, 1.165) is 40.8 Å². The van der Waals surface area contributed by atoms with Crippen LogP contribution in [0.5, 0.6) is 0 Å². The second-order valence-corrected chi connectivity index (χ2v) is 9.20.